The summed E-state index contributed by atoms with van der Waals surface area (Å²) in [5.74, 6) is 0. The second-order valence-electron chi connectivity index (χ2n) is 0.600. The van der Waals surface area contributed by atoms with E-state index >= 15 is 0 Å². The summed E-state index contributed by atoms with van der Waals surface area (Å²) in [4.78, 5) is 29.3. The number of rotatable bonds is 0. The first-order valence-corrected chi connectivity index (χ1v) is 2.68. The van der Waals surface area contributed by atoms with Crippen molar-refractivity contribution in [2.24, 2.45) is 0 Å². The molecule has 0 bridgehead atoms. The van der Waals surface area contributed by atoms with Gasteiger partial charge in [-0.1, -0.05) is 0 Å². The quantitative estimate of drug-likeness (QED) is 0.329. The van der Waals surface area contributed by atoms with Crippen molar-refractivity contribution in [1.82, 2.24) is 0 Å². The minimum absolute atomic E-state index is 0. The van der Waals surface area contributed by atoms with E-state index in [1.165, 1.54) is 0 Å². The van der Waals surface area contributed by atoms with Gasteiger partial charge in [-0.25, -0.2) is 0 Å². The molecule has 0 aliphatic carbocycles. The first-order valence-electron chi connectivity index (χ1n) is 0.894. The van der Waals surface area contributed by atoms with Crippen molar-refractivity contribution in [3.8, 4) is 0 Å². The Balaban J connectivity index is -0.0000000267. The van der Waals surface area contributed by atoms with E-state index in [-0.39, 0.29) is 80.9 Å². The van der Waals surface area contributed by atoms with Gasteiger partial charge in [0.15, 0.2) is 0 Å². The van der Waals surface area contributed by atoms with Crippen molar-refractivity contribution in [3.05, 3.63) is 0 Å². The van der Waals surface area contributed by atoms with E-state index in [0.29, 0.717) is 0 Å². The Morgan fingerprint density at radius 3 is 0.875 bits per heavy atom. The van der Waals surface area contributed by atoms with E-state index in [4.69, 9.17) is 19.2 Å². The summed E-state index contributed by atoms with van der Waals surface area (Å²) in [6.45, 7) is 0. The molecule has 48 valence electrons. The normalized spacial score (nSPS) is 7.50. The average Bonchev–Trinajstić information content (AvgIpc) is 0.722. The van der Waals surface area contributed by atoms with Gasteiger partial charge in [0.25, 0.3) is 0 Å². The van der Waals surface area contributed by atoms with Crippen molar-refractivity contribution in [2.75, 3.05) is 0 Å². The van der Waals surface area contributed by atoms with Gasteiger partial charge in [0.2, 0.25) is 0 Å². The molecule has 0 fully saturated rings. The summed E-state index contributed by atoms with van der Waals surface area (Å²) >= 11 is 0. The molecule has 0 radical (unpaired) electrons. The maximum atomic E-state index is 7.33. The molecule has 0 heterocycles. The second-order valence-corrected chi connectivity index (χ2v) is 1.80. The number of hydrogen-bond acceptors (Lipinski definition) is 4. The standard InChI is InChI=1S/ClH.Mg.H4O4Si.Sr.4H/c;;1-5(2,3)4;;;;;/h1H;;1-4H;;;;;. The van der Waals surface area contributed by atoms with Crippen LogP contribution in [0.2, 0.25) is 0 Å². The van der Waals surface area contributed by atoms with Crippen LogP contribution in [-0.4, -0.2) is 96.8 Å². The molecule has 0 saturated carbocycles. The van der Waals surface area contributed by atoms with E-state index in [1.807, 2.05) is 0 Å². The predicted molar refractivity (Wildman–Crippen MR) is 39.0 cm³/mol. The molecule has 4 N–H and O–H groups in total. The molecule has 0 amide bonds. The molecule has 0 aromatic rings. The van der Waals surface area contributed by atoms with Crippen LogP contribution < -0.4 is 0 Å². The van der Waals surface area contributed by atoms with Crippen LogP contribution in [0.3, 0.4) is 0 Å². The van der Waals surface area contributed by atoms with E-state index < -0.39 is 9.05 Å². The molecule has 8 heteroatoms. The van der Waals surface area contributed by atoms with E-state index in [9.17, 15) is 0 Å². The van der Waals surface area contributed by atoms with Crippen LogP contribution >= 0.6 is 12.4 Å². The fourth-order valence-electron chi connectivity index (χ4n) is 0. The van der Waals surface area contributed by atoms with Crippen LogP contribution in [0.5, 0.6) is 0 Å². The number of hydrogen-bond donors (Lipinski definition) is 4. The Morgan fingerprint density at radius 2 is 0.875 bits per heavy atom. The Morgan fingerprint density at radius 1 is 0.875 bits per heavy atom. The molecule has 0 saturated heterocycles. The van der Waals surface area contributed by atoms with Crippen molar-refractivity contribution in [3.63, 3.8) is 0 Å². The summed E-state index contributed by atoms with van der Waals surface area (Å²) in [5, 5.41) is 0. The first kappa shape index (κ1) is 22.4. The molecular formula is H9ClMgO4SiSr. The van der Waals surface area contributed by atoms with Gasteiger partial charge >= 0.3 is 77.6 Å². The number of halogens is 1. The van der Waals surface area contributed by atoms with Gasteiger partial charge in [-0.2, -0.15) is 0 Å². The van der Waals surface area contributed by atoms with Crippen LogP contribution in [0.4, 0.5) is 0 Å². The molecule has 0 spiro atoms. The monoisotopic (exact) mass is 248 g/mol. The Kier molecular flexibility index (Phi) is 26.9. The minimum atomic E-state index is -4.61. The zero-order chi connectivity index (χ0) is 4.50. The molecule has 0 aliphatic rings. The molecule has 0 unspecified atom stereocenters. The van der Waals surface area contributed by atoms with Gasteiger partial charge in [-0.15, -0.1) is 12.4 Å². The fourth-order valence-corrected chi connectivity index (χ4v) is 0. The van der Waals surface area contributed by atoms with E-state index in [2.05, 4.69) is 0 Å². The van der Waals surface area contributed by atoms with Crippen molar-refractivity contribution in [2.45, 2.75) is 0 Å². The first-order chi connectivity index (χ1) is 2.00. The fraction of sp³-hybridized carbons (Fsp3) is 0. The van der Waals surface area contributed by atoms with Gasteiger partial charge in [0.1, 0.15) is 0 Å². The van der Waals surface area contributed by atoms with Crippen molar-refractivity contribution < 1.29 is 19.2 Å². The van der Waals surface area contributed by atoms with Gasteiger partial charge < -0.3 is 19.2 Å². The SMILES string of the molecule is Cl.O[Si](O)(O)O.[MgH2].[SrH2]. The summed E-state index contributed by atoms with van der Waals surface area (Å²) in [6, 6.07) is 0. The molecule has 0 atom stereocenters. The summed E-state index contributed by atoms with van der Waals surface area (Å²) in [5.41, 5.74) is 0. The molecular weight excluding hydrogens is 239 g/mol. The zero-order valence-electron chi connectivity index (χ0n) is 2.70. The van der Waals surface area contributed by atoms with Crippen molar-refractivity contribution >= 4 is 90.0 Å². The molecule has 4 nitrogen and oxygen atoms in total. The van der Waals surface area contributed by atoms with Gasteiger partial charge in [0, 0.05) is 0 Å². The molecule has 0 rings (SSSR count). The Labute approximate surface area is 107 Å². The van der Waals surface area contributed by atoms with Crippen LogP contribution in [0, 0.1) is 0 Å². The van der Waals surface area contributed by atoms with Crippen molar-refractivity contribution in [1.29, 1.82) is 0 Å². The maximum absolute atomic E-state index is 7.33. The van der Waals surface area contributed by atoms with Gasteiger partial charge in [-0.3, -0.25) is 0 Å². The van der Waals surface area contributed by atoms with Crippen LogP contribution in [-0.2, 0) is 0 Å². The van der Waals surface area contributed by atoms with Crippen LogP contribution in [0.1, 0.15) is 0 Å². The Bertz CT molecular complexity index is 31.5. The molecule has 0 aromatic carbocycles. The van der Waals surface area contributed by atoms with Crippen LogP contribution in [0.15, 0.2) is 0 Å². The molecule has 8 heavy (non-hydrogen) atoms. The average molecular weight is 249 g/mol. The predicted octanol–water partition coefficient (Wildman–Crippen LogP) is -4.02. The summed E-state index contributed by atoms with van der Waals surface area (Å²) in [7, 11) is -4.61. The summed E-state index contributed by atoms with van der Waals surface area (Å²) in [6.07, 6.45) is 0. The van der Waals surface area contributed by atoms with E-state index in [1.54, 1.807) is 0 Å². The third-order valence-electron chi connectivity index (χ3n) is 0. The van der Waals surface area contributed by atoms with E-state index in [0.717, 1.165) is 0 Å². The van der Waals surface area contributed by atoms with Gasteiger partial charge in [0.05, 0.1) is 0 Å². The van der Waals surface area contributed by atoms with Gasteiger partial charge in [-0.05, 0) is 0 Å². The summed E-state index contributed by atoms with van der Waals surface area (Å²) < 4.78 is 0. The van der Waals surface area contributed by atoms with Crippen LogP contribution in [0.25, 0.3) is 0 Å². The zero-order valence-corrected chi connectivity index (χ0v) is 4.51. The topological polar surface area (TPSA) is 80.9 Å². The molecule has 0 aliphatic heterocycles. The third kappa shape index (κ3) is 73.7. The molecule has 0 aromatic heterocycles. The second kappa shape index (κ2) is 9.59. The Hall–Kier alpha value is 2.59. The third-order valence-corrected chi connectivity index (χ3v) is 0.